The fourth-order valence-corrected chi connectivity index (χ4v) is 4.95. The SMILES string of the molecule is CCCCCC[N+]1=CC(N)C(N2CCN(C3COC3)C3CC32)CC1. The Labute approximate surface area is 146 Å². The number of rotatable bonds is 7. The normalized spacial score (nSPS) is 37.7. The fraction of sp³-hybridized carbons (Fsp3) is 0.947. The van der Waals surface area contributed by atoms with Crippen molar-refractivity contribution in [2.45, 2.75) is 75.7 Å². The Bertz CT molecular complexity index is 464. The highest BCUT2D eigenvalue weighted by Crippen LogP contribution is 2.40. The van der Waals surface area contributed by atoms with Crippen molar-refractivity contribution < 1.29 is 9.31 Å². The first-order valence-electron chi connectivity index (χ1n) is 10.2. The minimum absolute atomic E-state index is 0.213. The Kier molecular flexibility index (Phi) is 5.23. The van der Waals surface area contributed by atoms with Gasteiger partial charge < -0.3 is 10.5 Å². The maximum atomic E-state index is 6.57. The van der Waals surface area contributed by atoms with E-state index in [4.69, 9.17) is 10.5 Å². The van der Waals surface area contributed by atoms with Crippen molar-refractivity contribution in [2.75, 3.05) is 39.4 Å². The molecule has 0 spiro atoms. The Morgan fingerprint density at radius 1 is 1.08 bits per heavy atom. The van der Waals surface area contributed by atoms with E-state index in [0.717, 1.165) is 25.3 Å². The zero-order valence-electron chi connectivity index (χ0n) is 15.3. The summed E-state index contributed by atoms with van der Waals surface area (Å²) in [5.74, 6) is 0. The van der Waals surface area contributed by atoms with Gasteiger partial charge in [-0.3, -0.25) is 9.80 Å². The molecule has 1 saturated carbocycles. The van der Waals surface area contributed by atoms with E-state index in [0.29, 0.717) is 12.1 Å². The summed E-state index contributed by atoms with van der Waals surface area (Å²) >= 11 is 0. The third kappa shape index (κ3) is 3.41. The first kappa shape index (κ1) is 17.0. The van der Waals surface area contributed by atoms with Gasteiger partial charge in [0.05, 0.1) is 25.3 Å². The second-order valence-corrected chi connectivity index (χ2v) is 8.22. The fourth-order valence-electron chi connectivity index (χ4n) is 4.95. The highest BCUT2D eigenvalue weighted by Gasteiger charge is 2.54. The zero-order chi connectivity index (χ0) is 16.5. The molecule has 0 bridgehead atoms. The molecule has 0 radical (unpaired) electrons. The summed E-state index contributed by atoms with van der Waals surface area (Å²) in [4.78, 5) is 5.46. The van der Waals surface area contributed by atoms with Gasteiger partial charge in [-0.15, -0.1) is 0 Å². The predicted octanol–water partition coefficient (Wildman–Crippen LogP) is 0.907. The number of nitrogens with two attached hydrogens (primary N) is 1. The van der Waals surface area contributed by atoms with Crippen LogP contribution in [0.3, 0.4) is 0 Å². The molecule has 3 heterocycles. The van der Waals surface area contributed by atoms with Crippen LogP contribution in [0.4, 0.5) is 0 Å². The van der Waals surface area contributed by atoms with Gasteiger partial charge in [0.1, 0.15) is 13.1 Å². The van der Waals surface area contributed by atoms with Crippen LogP contribution in [-0.4, -0.2) is 90.2 Å². The van der Waals surface area contributed by atoms with Gasteiger partial charge in [0.25, 0.3) is 0 Å². The lowest BCUT2D eigenvalue weighted by molar-refractivity contribution is -0.531. The molecule has 5 heteroatoms. The van der Waals surface area contributed by atoms with E-state index in [2.05, 4.69) is 27.5 Å². The molecule has 0 aromatic rings. The van der Waals surface area contributed by atoms with E-state index in [1.165, 1.54) is 64.7 Å². The van der Waals surface area contributed by atoms with E-state index in [-0.39, 0.29) is 6.04 Å². The van der Waals surface area contributed by atoms with Crippen molar-refractivity contribution in [1.82, 2.24) is 9.80 Å². The van der Waals surface area contributed by atoms with E-state index >= 15 is 0 Å². The van der Waals surface area contributed by atoms with Gasteiger partial charge in [0, 0.05) is 44.1 Å². The summed E-state index contributed by atoms with van der Waals surface area (Å²) in [7, 11) is 0. The number of unbranched alkanes of at least 4 members (excludes halogenated alkanes) is 3. The quantitative estimate of drug-likeness (QED) is 0.555. The van der Waals surface area contributed by atoms with Crippen LogP contribution in [-0.2, 0) is 4.74 Å². The molecule has 0 aromatic heterocycles. The Morgan fingerprint density at radius 2 is 1.88 bits per heavy atom. The van der Waals surface area contributed by atoms with Crippen molar-refractivity contribution in [1.29, 1.82) is 0 Å². The van der Waals surface area contributed by atoms with Crippen molar-refractivity contribution in [3.63, 3.8) is 0 Å². The number of hydrogen-bond acceptors (Lipinski definition) is 4. The molecule has 3 aliphatic heterocycles. The second kappa shape index (κ2) is 7.40. The molecule has 4 unspecified atom stereocenters. The highest BCUT2D eigenvalue weighted by atomic mass is 16.5. The number of piperazine rings is 1. The maximum absolute atomic E-state index is 6.57. The molecular formula is C19H35N4O+. The van der Waals surface area contributed by atoms with Crippen molar-refractivity contribution >= 4 is 6.21 Å². The van der Waals surface area contributed by atoms with E-state index in [9.17, 15) is 0 Å². The number of nitrogens with zero attached hydrogens (tertiary/aromatic N) is 3. The van der Waals surface area contributed by atoms with Crippen LogP contribution in [0.5, 0.6) is 0 Å². The minimum Gasteiger partial charge on any atom is -0.378 e. The summed E-state index contributed by atoms with van der Waals surface area (Å²) in [5, 5.41) is 0. The van der Waals surface area contributed by atoms with Gasteiger partial charge in [-0.2, -0.15) is 0 Å². The first-order valence-corrected chi connectivity index (χ1v) is 10.2. The smallest absolute Gasteiger partial charge is 0.158 e. The van der Waals surface area contributed by atoms with Crippen LogP contribution < -0.4 is 5.73 Å². The molecule has 3 fully saturated rings. The summed E-state index contributed by atoms with van der Waals surface area (Å²) in [6.45, 7) is 8.97. The number of hydrogen-bond donors (Lipinski definition) is 1. The summed E-state index contributed by atoms with van der Waals surface area (Å²) < 4.78 is 7.88. The van der Waals surface area contributed by atoms with Crippen LogP contribution in [0, 0.1) is 0 Å². The average Bonchev–Trinajstić information content (AvgIpc) is 3.32. The molecular weight excluding hydrogens is 300 g/mol. The molecule has 2 N–H and O–H groups in total. The number of fused-ring (bicyclic) bond motifs is 1. The first-order chi connectivity index (χ1) is 11.8. The van der Waals surface area contributed by atoms with Gasteiger partial charge in [-0.05, 0) is 12.8 Å². The molecule has 1 aliphatic carbocycles. The topological polar surface area (TPSA) is 44.7 Å². The lowest BCUT2D eigenvalue weighted by Gasteiger charge is -2.45. The second-order valence-electron chi connectivity index (χ2n) is 8.22. The lowest BCUT2D eigenvalue weighted by atomic mass is 9.99. The van der Waals surface area contributed by atoms with Gasteiger partial charge in [0.15, 0.2) is 6.21 Å². The molecule has 4 rings (SSSR count). The predicted molar refractivity (Wildman–Crippen MR) is 96.8 cm³/mol. The van der Waals surface area contributed by atoms with Crippen LogP contribution in [0.25, 0.3) is 0 Å². The van der Waals surface area contributed by atoms with Crippen molar-refractivity contribution in [3.8, 4) is 0 Å². The molecule has 0 aromatic carbocycles. The van der Waals surface area contributed by atoms with Crippen LogP contribution in [0.15, 0.2) is 0 Å². The summed E-state index contributed by atoms with van der Waals surface area (Å²) in [6.07, 6.45) is 10.3. The molecule has 4 atom stereocenters. The zero-order valence-corrected chi connectivity index (χ0v) is 15.3. The van der Waals surface area contributed by atoms with Gasteiger partial charge >= 0.3 is 0 Å². The van der Waals surface area contributed by atoms with Gasteiger partial charge in [-0.1, -0.05) is 19.8 Å². The molecule has 5 nitrogen and oxygen atoms in total. The Balaban J connectivity index is 1.28. The molecule has 2 saturated heterocycles. The average molecular weight is 336 g/mol. The van der Waals surface area contributed by atoms with E-state index in [1.54, 1.807) is 0 Å². The minimum atomic E-state index is 0.213. The number of ether oxygens (including phenoxy) is 1. The maximum Gasteiger partial charge on any atom is 0.158 e. The molecule has 24 heavy (non-hydrogen) atoms. The summed E-state index contributed by atoms with van der Waals surface area (Å²) in [6, 6.07) is 3.02. The molecule has 0 amide bonds. The highest BCUT2D eigenvalue weighted by molar-refractivity contribution is 5.60. The van der Waals surface area contributed by atoms with Gasteiger partial charge in [0.2, 0.25) is 0 Å². The van der Waals surface area contributed by atoms with E-state index in [1.807, 2.05) is 0 Å². The van der Waals surface area contributed by atoms with Gasteiger partial charge in [-0.25, -0.2) is 4.58 Å². The third-order valence-corrected chi connectivity index (χ3v) is 6.55. The monoisotopic (exact) mass is 335 g/mol. The largest absolute Gasteiger partial charge is 0.378 e. The van der Waals surface area contributed by atoms with Crippen molar-refractivity contribution in [3.05, 3.63) is 0 Å². The van der Waals surface area contributed by atoms with Crippen molar-refractivity contribution in [2.24, 2.45) is 5.73 Å². The summed E-state index contributed by atoms with van der Waals surface area (Å²) in [5.41, 5.74) is 6.57. The van der Waals surface area contributed by atoms with Crippen LogP contribution >= 0.6 is 0 Å². The standard InChI is InChI=1S/C19H35N4O/c1-2-3-4-5-7-21-8-6-17(16(20)12-21)23-10-9-22(15-13-24-14-15)18-11-19(18)23/h12,15-19H,2-11,13-14,20H2,1H3/q+1. The Morgan fingerprint density at radius 3 is 2.58 bits per heavy atom. The molecule has 4 aliphatic rings. The lowest BCUT2D eigenvalue weighted by Crippen LogP contribution is -2.62. The van der Waals surface area contributed by atoms with Crippen LogP contribution in [0.2, 0.25) is 0 Å². The third-order valence-electron chi connectivity index (χ3n) is 6.55. The van der Waals surface area contributed by atoms with Crippen LogP contribution in [0.1, 0.15) is 45.4 Å². The molecule has 136 valence electrons. The van der Waals surface area contributed by atoms with E-state index < -0.39 is 0 Å². The Hall–Kier alpha value is -0.490.